The Labute approximate surface area is 123 Å². The lowest BCUT2D eigenvalue weighted by molar-refractivity contribution is -0.120. The molecule has 2 rings (SSSR count). The molecule has 0 spiro atoms. The number of benzene rings is 1. The molecular formula is C15H18N2O4. The Bertz CT molecular complexity index is 592. The second-order valence-electron chi connectivity index (χ2n) is 4.76. The van der Waals surface area contributed by atoms with Crippen molar-refractivity contribution in [1.82, 2.24) is 0 Å². The Morgan fingerprint density at radius 3 is 2.57 bits per heavy atom. The molecule has 6 nitrogen and oxygen atoms in total. The van der Waals surface area contributed by atoms with Crippen LogP contribution in [0.25, 0.3) is 0 Å². The average molecular weight is 290 g/mol. The first-order valence-corrected chi connectivity index (χ1v) is 6.65. The van der Waals surface area contributed by atoms with E-state index in [0.717, 1.165) is 5.56 Å². The number of ether oxygens (including phenoxy) is 3. The van der Waals surface area contributed by atoms with E-state index < -0.39 is 0 Å². The Morgan fingerprint density at radius 1 is 1.29 bits per heavy atom. The molecule has 0 saturated heterocycles. The molecule has 1 aromatic carbocycles. The Kier molecular flexibility index (Phi) is 4.53. The van der Waals surface area contributed by atoms with Gasteiger partial charge in [-0.1, -0.05) is 0 Å². The molecule has 6 heteroatoms. The molecule has 1 heterocycles. The summed E-state index contributed by atoms with van der Waals surface area (Å²) in [4.78, 5) is 12.1. The lowest BCUT2D eigenvalue weighted by atomic mass is 9.89. The smallest absolute Gasteiger partial charge is 0.227 e. The number of hydrogen-bond donors (Lipinski definition) is 1. The minimum atomic E-state index is -0.232. The Morgan fingerprint density at radius 2 is 2.00 bits per heavy atom. The molecule has 21 heavy (non-hydrogen) atoms. The largest absolute Gasteiger partial charge is 0.493 e. The van der Waals surface area contributed by atoms with Crippen LogP contribution < -0.4 is 19.5 Å². The van der Waals surface area contributed by atoms with Crippen molar-refractivity contribution in [3.05, 3.63) is 11.6 Å². The highest BCUT2D eigenvalue weighted by molar-refractivity contribution is 5.97. The van der Waals surface area contributed by atoms with Gasteiger partial charge in [0.25, 0.3) is 0 Å². The number of fused-ring (bicyclic) bond motifs is 1. The molecule has 0 fully saturated rings. The van der Waals surface area contributed by atoms with E-state index in [2.05, 4.69) is 11.4 Å². The number of hydrogen-bond acceptors (Lipinski definition) is 5. The number of nitrogens with zero attached hydrogens (tertiary/aromatic N) is 1. The van der Waals surface area contributed by atoms with Crippen molar-refractivity contribution in [2.24, 2.45) is 5.92 Å². The molecular weight excluding hydrogens is 272 g/mol. The topological polar surface area (TPSA) is 80.6 Å². The van der Waals surface area contributed by atoms with Gasteiger partial charge in [0.15, 0.2) is 11.5 Å². The predicted octanol–water partition coefficient (Wildman–Crippen LogP) is 2.13. The summed E-state index contributed by atoms with van der Waals surface area (Å²) < 4.78 is 16.1. The first-order chi connectivity index (χ1) is 10.2. The normalized spacial score (nSPS) is 16.5. The van der Waals surface area contributed by atoms with Crippen LogP contribution in [-0.2, 0) is 11.2 Å². The van der Waals surface area contributed by atoms with E-state index in [-0.39, 0.29) is 11.8 Å². The first-order valence-electron chi connectivity index (χ1n) is 6.65. The van der Waals surface area contributed by atoms with Crippen LogP contribution >= 0.6 is 0 Å². The van der Waals surface area contributed by atoms with Crippen LogP contribution in [-0.4, -0.2) is 27.2 Å². The molecule has 0 aliphatic carbocycles. The van der Waals surface area contributed by atoms with E-state index >= 15 is 0 Å². The van der Waals surface area contributed by atoms with Crippen molar-refractivity contribution >= 4 is 11.6 Å². The summed E-state index contributed by atoms with van der Waals surface area (Å²) in [6.45, 7) is 0. The van der Waals surface area contributed by atoms with Crippen molar-refractivity contribution in [2.45, 2.75) is 19.3 Å². The van der Waals surface area contributed by atoms with E-state index in [1.54, 1.807) is 20.3 Å². The van der Waals surface area contributed by atoms with Gasteiger partial charge in [0, 0.05) is 24.0 Å². The number of nitrogens with one attached hydrogen (secondary N) is 1. The standard InChI is InChI=1S/C15H18N2O4/c1-19-12-8-11-10(13(20-2)14(12)21-3)7-9(5-4-6-16)15(18)17-11/h8-9H,4-5,7H2,1-3H3,(H,17,18). The van der Waals surface area contributed by atoms with Gasteiger partial charge in [0.1, 0.15) is 0 Å². The number of methoxy groups -OCH3 is 3. The highest BCUT2D eigenvalue weighted by atomic mass is 16.5. The van der Waals surface area contributed by atoms with E-state index in [0.29, 0.717) is 42.2 Å². The lowest BCUT2D eigenvalue weighted by Crippen LogP contribution is -2.30. The fourth-order valence-electron chi connectivity index (χ4n) is 2.58. The molecule has 1 N–H and O–H groups in total. The summed E-state index contributed by atoms with van der Waals surface area (Å²) in [5.41, 5.74) is 1.54. The molecule has 0 aromatic heterocycles. The van der Waals surface area contributed by atoms with Crippen LogP contribution in [0.3, 0.4) is 0 Å². The highest BCUT2D eigenvalue weighted by Crippen LogP contribution is 2.46. The minimum absolute atomic E-state index is 0.0768. The number of nitriles is 1. The second-order valence-corrected chi connectivity index (χ2v) is 4.76. The number of anilines is 1. The predicted molar refractivity (Wildman–Crippen MR) is 76.8 cm³/mol. The van der Waals surface area contributed by atoms with E-state index in [1.165, 1.54) is 7.11 Å². The zero-order valence-electron chi connectivity index (χ0n) is 12.4. The van der Waals surface area contributed by atoms with Crippen molar-refractivity contribution < 1.29 is 19.0 Å². The van der Waals surface area contributed by atoms with Gasteiger partial charge in [-0.15, -0.1) is 0 Å². The van der Waals surface area contributed by atoms with Crippen molar-refractivity contribution in [2.75, 3.05) is 26.6 Å². The van der Waals surface area contributed by atoms with Crippen molar-refractivity contribution in [1.29, 1.82) is 5.26 Å². The number of amides is 1. The molecule has 0 bridgehead atoms. The van der Waals surface area contributed by atoms with Crippen LogP contribution in [0.2, 0.25) is 0 Å². The van der Waals surface area contributed by atoms with Gasteiger partial charge in [-0.05, 0) is 12.8 Å². The summed E-state index contributed by atoms with van der Waals surface area (Å²) in [5.74, 6) is 1.27. The minimum Gasteiger partial charge on any atom is -0.493 e. The van der Waals surface area contributed by atoms with E-state index in [4.69, 9.17) is 19.5 Å². The number of carbonyl (C=O) groups excluding carboxylic acids is 1. The summed E-state index contributed by atoms with van der Waals surface area (Å²) in [6.07, 6.45) is 1.40. The summed E-state index contributed by atoms with van der Waals surface area (Å²) >= 11 is 0. The van der Waals surface area contributed by atoms with Gasteiger partial charge in [-0.2, -0.15) is 5.26 Å². The summed E-state index contributed by atoms with van der Waals surface area (Å²) in [6, 6.07) is 3.80. The van der Waals surface area contributed by atoms with Crippen LogP contribution in [0, 0.1) is 17.2 Å². The Balaban J connectivity index is 2.46. The van der Waals surface area contributed by atoms with Gasteiger partial charge >= 0.3 is 0 Å². The lowest BCUT2D eigenvalue weighted by Gasteiger charge is -2.27. The first kappa shape index (κ1) is 15.0. The van der Waals surface area contributed by atoms with Gasteiger partial charge in [-0.3, -0.25) is 4.79 Å². The van der Waals surface area contributed by atoms with Crippen molar-refractivity contribution in [3.63, 3.8) is 0 Å². The number of carbonyl (C=O) groups is 1. The maximum atomic E-state index is 12.1. The van der Waals surface area contributed by atoms with Gasteiger partial charge in [0.2, 0.25) is 11.7 Å². The molecule has 0 radical (unpaired) electrons. The molecule has 1 unspecified atom stereocenters. The van der Waals surface area contributed by atoms with Crippen LogP contribution in [0.15, 0.2) is 6.07 Å². The Hall–Kier alpha value is -2.42. The molecule has 1 aromatic rings. The third-order valence-corrected chi connectivity index (χ3v) is 3.62. The SMILES string of the molecule is COc1cc2c(c(OC)c1OC)CC(CCC#N)C(=O)N2. The second kappa shape index (κ2) is 6.35. The maximum Gasteiger partial charge on any atom is 0.227 e. The van der Waals surface area contributed by atoms with Gasteiger partial charge in [-0.25, -0.2) is 0 Å². The van der Waals surface area contributed by atoms with Crippen molar-refractivity contribution in [3.8, 4) is 23.3 Å². The highest BCUT2D eigenvalue weighted by Gasteiger charge is 2.31. The molecule has 112 valence electrons. The van der Waals surface area contributed by atoms with Crippen LogP contribution in [0.4, 0.5) is 5.69 Å². The van der Waals surface area contributed by atoms with Gasteiger partial charge < -0.3 is 19.5 Å². The average Bonchev–Trinajstić information content (AvgIpc) is 2.50. The zero-order chi connectivity index (χ0) is 15.4. The molecule has 1 amide bonds. The third-order valence-electron chi connectivity index (χ3n) is 3.62. The summed E-state index contributed by atoms with van der Waals surface area (Å²) in [5, 5.41) is 11.5. The molecule has 1 aliphatic rings. The monoisotopic (exact) mass is 290 g/mol. The van der Waals surface area contributed by atoms with E-state index in [1.807, 2.05) is 0 Å². The third kappa shape index (κ3) is 2.72. The van der Waals surface area contributed by atoms with Crippen LogP contribution in [0.1, 0.15) is 18.4 Å². The molecule has 1 atom stereocenters. The zero-order valence-corrected chi connectivity index (χ0v) is 12.4. The fourth-order valence-corrected chi connectivity index (χ4v) is 2.58. The quantitative estimate of drug-likeness (QED) is 0.898. The van der Waals surface area contributed by atoms with E-state index in [9.17, 15) is 4.79 Å². The fraction of sp³-hybridized carbons (Fsp3) is 0.467. The molecule has 1 aliphatic heterocycles. The molecule has 0 saturated carbocycles. The summed E-state index contributed by atoms with van der Waals surface area (Å²) in [7, 11) is 4.63. The maximum absolute atomic E-state index is 12.1. The number of rotatable bonds is 5. The van der Waals surface area contributed by atoms with Crippen LogP contribution in [0.5, 0.6) is 17.2 Å². The van der Waals surface area contributed by atoms with Gasteiger partial charge in [0.05, 0.1) is 33.1 Å².